The molecular formula is C8H10N2O3. The second kappa shape index (κ2) is 3.84. The van der Waals surface area contributed by atoms with Gasteiger partial charge in [0.05, 0.1) is 19.2 Å². The van der Waals surface area contributed by atoms with E-state index in [1.165, 1.54) is 7.11 Å². The summed E-state index contributed by atoms with van der Waals surface area (Å²) >= 11 is 0. The van der Waals surface area contributed by atoms with Gasteiger partial charge < -0.3 is 9.84 Å². The molecule has 0 aromatic carbocycles. The smallest absolute Gasteiger partial charge is 0.311 e. The van der Waals surface area contributed by atoms with Gasteiger partial charge in [0.25, 0.3) is 0 Å². The molecule has 0 aliphatic carbocycles. The van der Waals surface area contributed by atoms with Crippen LogP contribution in [0.15, 0.2) is 6.07 Å². The molecule has 0 bridgehead atoms. The second-order valence-corrected chi connectivity index (χ2v) is 2.60. The van der Waals surface area contributed by atoms with E-state index in [-0.39, 0.29) is 18.3 Å². The van der Waals surface area contributed by atoms with E-state index in [4.69, 9.17) is 5.11 Å². The highest BCUT2D eigenvalue weighted by molar-refractivity contribution is 5.71. The molecule has 1 rings (SSSR count). The van der Waals surface area contributed by atoms with Crippen LogP contribution in [0.25, 0.3) is 0 Å². The van der Waals surface area contributed by atoms with Crippen LogP contribution in [0, 0.1) is 6.92 Å². The van der Waals surface area contributed by atoms with Crippen molar-refractivity contribution in [2.24, 2.45) is 0 Å². The normalized spacial score (nSPS) is 9.69. The minimum Gasteiger partial charge on any atom is -0.492 e. The first-order valence-corrected chi connectivity index (χ1v) is 3.72. The van der Waals surface area contributed by atoms with Gasteiger partial charge in [-0.05, 0) is 13.0 Å². The number of carbonyl (C=O) groups excluding carboxylic acids is 1. The van der Waals surface area contributed by atoms with Crippen molar-refractivity contribution in [2.75, 3.05) is 7.11 Å². The number of aromatic hydroxyl groups is 1. The number of carbonyl (C=O) groups is 1. The third kappa shape index (κ3) is 2.40. The van der Waals surface area contributed by atoms with Crippen molar-refractivity contribution in [1.29, 1.82) is 0 Å². The van der Waals surface area contributed by atoms with E-state index >= 15 is 0 Å². The highest BCUT2D eigenvalue weighted by Crippen LogP contribution is 2.10. The van der Waals surface area contributed by atoms with E-state index in [1.54, 1.807) is 13.0 Å². The van der Waals surface area contributed by atoms with Gasteiger partial charge >= 0.3 is 5.97 Å². The number of aromatic nitrogens is 2. The molecule has 1 heterocycles. The fourth-order valence-corrected chi connectivity index (χ4v) is 0.840. The van der Waals surface area contributed by atoms with Crippen LogP contribution in [-0.2, 0) is 16.0 Å². The Kier molecular flexibility index (Phi) is 2.79. The van der Waals surface area contributed by atoms with E-state index in [0.29, 0.717) is 11.3 Å². The Hall–Kier alpha value is -1.65. The average Bonchev–Trinajstić information content (AvgIpc) is 2.11. The number of aryl methyl sites for hydroxylation is 1. The molecule has 0 amide bonds. The molecule has 0 saturated heterocycles. The van der Waals surface area contributed by atoms with Gasteiger partial charge in [0, 0.05) is 5.56 Å². The minimum atomic E-state index is -0.376. The average molecular weight is 182 g/mol. The maximum Gasteiger partial charge on any atom is 0.311 e. The van der Waals surface area contributed by atoms with Gasteiger partial charge in [0.2, 0.25) is 5.88 Å². The molecule has 13 heavy (non-hydrogen) atoms. The fraction of sp³-hybridized carbons (Fsp3) is 0.375. The van der Waals surface area contributed by atoms with E-state index in [2.05, 4.69) is 14.9 Å². The van der Waals surface area contributed by atoms with E-state index in [0.717, 1.165) is 0 Å². The monoisotopic (exact) mass is 182 g/mol. The quantitative estimate of drug-likeness (QED) is 0.662. The molecule has 0 aliphatic heterocycles. The Morgan fingerprint density at radius 2 is 2.31 bits per heavy atom. The summed E-state index contributed by atoms with van der Waals surface area (Å²) < 4.78 is 4.46. The van der Waals surface area contributed by atoms with Gasteiger partial charge in [0.1, 0.15) is 0 Å². The number of nitrogens with zero attached hydrogens (tertiary/aromatic N) is 2. The summed E-state index contributed by atoms with van der Waals surface area (Å²) in [6.45, 7) is 1.69. The largest absolute Gasteiger partial charge is 0.492 e. The summed E-state index contributed by atoms with van der Waals surface area (Å²) in [5.74, 6) is -0.493. The van der Waals surface area contributed by atoms with Crippen molar-refractivity contribution in [3.05, 3.63) is 17.3 Å². The number of methoxy groups -OCH3 is 1. The first kappa shape index (κ1) is 9.44. The number of esters is 1. The molecule has 0 saturated carbocycles. The highest BCUT2D eigenvalue weighted by Gasteiger charge is 2.06. The predicted molar refractivity (Wildman–Crippen MR) is 44.2 cm³/mol. The molecule has 0 radical (unpaired) electrons. The number of rotatable bonds is 2. The van der Waals surface area contributed by atoms with Crippen molar-refractivity contribution in [2.45, 2.75) is 13.3 Å². The maximum absolute atomic E-state index is 10.8. The maximum atomic E-state index is 10.8. The van der Waals surface area contributed by atoms with Gasteiger partial charge in [-0.15, -0.1) is 5.10 Å². The lowest BCUT2D eigenvalue weighted by atomic mass is 10.2. The molecule has 0 aliphatic rings. The van der Waals surface area contributed by atoms with Crippen LogP contribution in [0.2, 0.25) is 0 Å². The van der Waals surface area contributed by atoms with E-state index < -0.39 is 0 Å². The topological polar surface area (TPSA) is 72.3 Å². The number of hydrogen-bond donors (Lipinski definition) is 1. The van der Waals surface area contributed by atoms with Crippen LogP contribution in [0.4, 0.5) is 0 Å². The third-order valence-corrected chi connectivity index (χ3v) is 1.56. The first-order valence-electron chi connectivity index (χ1n) is 3.72. The van der Waals surface area contributed by atoms with Crippen molar-refractivity contribution in [3.8, 4) is 5.88 Å². The van der Waals surface area contributed by atoms with Gasteiger partial charge in [-0.3, -0.25) is 4.79 Å². The molecule has 0 spiro atoms. The van der Waals surface area contributed by atoms with Crippen molar-refractivity contribution in [1.82, 2.24) is 10.2 Å². The third-order valence-electron chi connectivity index (χ3n) is 1.56. The molecule has 1 aromatic rings. The van der Waals surface area contributed by atoms with Crippen molar-refractivity contribution >= 4 is 5.97 Å². The molecule has 5 heteroatoms. The lowest BCUT2D eigenvalue weighted by Gasteiger charge is -2.00. The van der Waals surface area contributed by atoms with Crippen LogP contribution < -0.4 is 0 Å². The van der Waals surface area contributed by atoms with Gasteiger partial charge in [-0.25, -0.2) is 0 Å². The van der Waals surface area contributed by atoms with Gasteiger partial charge in [-0.1, -0.05) is 0 Å². The summed E-state index contributed by atoms with van der Waals surface area (Å²) in [6.07, 6.45) is 0.0740. The van der Waals surface area contributed by atoms with Crippen molar-refractivity contribution < 1.29 is 14.6 Å². The zero-order valence-electron chi connectivity index (χ0n) is 7.44. The lowest BCUT2D eigenvalue weighted by molar-refractivity contribution is -0.139. The standard InChI is InChI=1S/C8H10N2O3/c1-5-3-6(4-7(11)13-2)9-10-8(5)12/h3H,4H2,1-2H3,(H,10,12). The van der Waals surface area contributed by atoms with Crippen LogP contribution >= 0.6 is 0 Å². The molecular weight excluding hydrogens is 172 g/mol. The minimum absolute atomic E-state index is 0.0740. The summed E-state index contributed by atoms with van der Waals surface area (Å²) in [5, 5.41) is 16.1. The van der Waals surface area contributed by atoms with Crippen LogP contribution in [0.3, 0.4) is 0 Å². The van der Waals surface area contributed by atoms with E-state index in [9.17, 15) is 4.79 Å². The predicted octanol–water partition coefficient (Wildman–Crippen LogP) is 0.206. The Labute approximate surface area is 75.4 Å². The zero-order valence-corrected chi connectivity index (χ0v) is 7.44. The zero-order chi connectivity index (χ0) is 9.84. The van der Waals surface area contributed by atoms with Crippen LogP contribution in [0.1, 0.15) is 11.3 Å². The van der Waals surface area contributed by atoms with Crippen molar-refractivity contribution in [3.63, 3.8) is 0 Å². The molecule has 1 N–H and O–H groups in total. The molecule has 1 aromatic heterocycles. The summed E-state index contributed by atoms with van der Waals surface area (Å²) in [6, 6.07) is 1.60. The molecule has 0 atom stereocenters. The van der Waals surface area contributed by atoms with Crippen LogP contribution in [0.5, 0.6) is 5.88 Å². The Morgan fingerprint density at radius 1 is 1.62 bits per heavy atom. The highest BCUT2D eigenvalue weighted by atomic mass is 16.5. The van der Waals surface area contributed by atoms with Gasteiger partial charge in [0.15, 0.2) is 0 Å². The molecule has 0 unspecified atom stereocenters. The summed E-state index contributed by atoms with van der Waals surface area (Å²) in [4.78, 5) is 10.8. The van der Waals surface area contributed by atoms with Crippen LogP contribution in [-0.4, -0.2) is 28.4 Å². The molecule has 70 valence electrons. The van der Waals surface area contributed by atoms with E-state index in [1.807, 2.05) is 0 Å². The molecule has 5 nitrogen and oxygen atoms in total. The Balaban J connectivity index is 2.79. The Morgan fingerprint density at radius 3 is 2.85 bits per heavy atom. The number of hydrogen-bond acceptors (Lipinski definition) is 5. The Bertz CT molecular complexity index is 325. The molecule has 0 fully saturated rings. The number of ether oxygens (including phenoxy) is 1. The second-order valence-electron chi connectivity index (χ2n) is 2.60. The summed E-state index contributed by atoms with van der Waals surface area (Å²) in [5.41, 5.74) is 1.08. The fourth-order valence-electron chi connectivity index (χ4n) is 0.840. The summed E-state index contributed by atoms with van der Waals surface area (Å²) in [7, 11) is 1.31. The van der Waals surface area contributed by atoms with Gasteiger partial charge in [-0.2, -0.15) is 5.10 Å². The lowest BCUT2D eigenvalue weighted by Crippen LogP contribution is -2.07. The SMILES string of the molecule is COC(=O)Cc1cc(C)c(O)nn1. The first-order chi connectivity index (χ1) is 6.13.